The third-order valence-corrected chi connectivity index (χ3v) is 2.70. The van der Waals surface area contributed by atoms with Crippen molar-refractivity contribution in [1.82, 2.24) is 20.0 Å². The maximum atomic E-state index is 11.6. The van der Waals surface area contributed by atoms with Crippen LogP contribution in [0.1, 0.15) is 6.92 Å². The maximum absolute atomic E-state index is 11.6. The molecule has 20 heavy (non-hydrogen) atoms. The maximum Gasteiger partial charge on any atom is 0.306 e. The summed E-state index contributed by atoms with van der Waals surface area (Å²) in [6.45, 7) is 2.01. The number of nitro groups is 1. The van der Waals surface area contributed by atoms with Gasteiger partial charge in [0, 0.05) is 20.6 Å². The molecule has 0 fully saturated rings. The second kappa shape index (κ2) is 6.96. The van der Waals surface area contributed by atoms with Crippen molar-refractivity contribution in [2.45, 2.75) is 25.6 Å². The molecule has 1 aromatic heterocycles. The van der Waals surface area contributed by atoms with Crippen LogP contribution in [0.5, 0.6) is 0 Å². The zero-order valence-corrected chi connectivity index (χ0v) is 11.7. The van der Waals surface area contributed by atoms with Crippen LogP contribution < -0.4 is 5.32 Å². The Morgan fingerprint density at radius 3 is 2.80 bits per heavy atom. The summed E-state index contributed by atoms with van der Waals surface area (Å²) in [5, 5.41) is 27.0. The Hall–Kier alpha value is -2.00. The quantitative estimate of drug-likeness (QED) is 0.502. The van der Waals surface area contributed by atoms with E-state index in [1.165, 1.54) is 15.8 Å². The lowest BCUT2D eigenvalue weighted by Crippen LogP contribution is -2.44. The van der Waals surface area contributed by atoms with E-state index in [1.807, 2.05) is 0 Å². The summed E-state index contributed by atoms with van der Waals surface area (Å²) in [6.07, 6.45) is 1.57. The first-order chi connectivity index (χ1) is 9.31. The van der Waals surface area contributed by atoms with Gasteiger partial charge in [0.15, 0.2) is 0 Å². The third kappa shape index (κ3) is 4.59. The minimum Gasteiger partial charge on any atom is -0.390 e. The first-order valence-electron chi connectivity index (χ1n) is 6.10. The average Bonchev–Trinajstić information content (AvgIpc) is 2.83. The number of aliphatic hydroxyl groups is 1. The molecule has 0 aliphatic heterocycles. The smallest absolute Gasteiger partial charge is 0.306 e. The monoisotopic (exact) mass is 285 g/mol. The number of amides is 1. The number of likely N-dealkylation sites (N-methyl/N-ethyl adjacent to an activating group) is 1. The van der Waals surface area contributed by atoms with Crippen molar-refractivity contribution in [2.24, 2.45) is 0 Å². The van der Waals surface area contributed by atoms with Gasteiger partial charge in [-0.15, -0.1) is 0 Å². The van der Waals surface area contributed by atoms with Crippen molar-refractivity contribution < 1.29 is 14.8 Å². The lowest BCUT2D eigenvalue weighted by atomic mass is 10.2. The number of carbonyl (C=O) groups is 1. The van der Waals surface area contributed by atoms with E-state index < -0.39 is 17.1 Å². The summed E-state index contributed by atoms with van der Waals surface area (Å²) in [6, 6.07) is -0.411. The summed E-state index contributed by atoms with van der Waals surface area (Å²) >= 11 is 0. The number of hydrogen-bond donors (Lipinski definition) is 2. The van der Waals surface area contributed by atoms with Crippen LogP contribution in [0.15, 0.2) is 12.4 Å². The van der Waals surface area contributed by atoms with E-state index in [4.69, 9.17) is 0 Å². The van der Waals surface area contributed by atoms with Crippen LogP contribution in [0.2, 0.25) is 0 Å². The van der Waals surface area contributed by atoms with Gasteiger partial charge in [-0.1, -0.05) is 0 Å². The zero-order valence-electron chi connectivity index (χ0n) is 11.7. The van der Waals surface area contributed by atoms with Crippen LogP contribution in [0.4, 0.5) is 5.69 Å². The molecule has 9 nitrogen and oxygen atoms in total. The lowest BCUT2D eigenvalue weighted by molar-refractivity contribution is -0.385. The van der Waals surface area contributed by atoms with E-state index in [-0.39, 0.29) is 24.7 Å². The lowest BCUT2D eigenvalue weighted by Gasteiger charge is -2.19. The zero-order chi connectivity index (χ0) is 15.3. The van der Waals surface area contributed by atoms with Crippen LogP contribution >= 0.6 is 0 Å². The molecule has 0 saturated carbocycles. The highest BCUT2D eigenvalue weighted by atomic mass is 16.6. The summed E-state index contributed by atoms with van der Waals surface area (Å²) in [5.41, 5.74) is -0.124. The highest BCUT2D eigenvalue weighted by molar-refractivity contribution is 5.80. The van der Waals surface area contributed by atoms with Crippen molar-refractivity contribution in [3.8, 4) is 0 Å². The first kappa shape index (κ1) is 16.1. The molecule has 9 heteroatoms. The van der Waals surface area contributed by atoms with Gasteiger partial charge in [-0.2, -0.15) is 5.10 Å². The van der Waals surface area contributed by atoms with Crippen molar-refractivity contribution in [3.63, 3.8) is 0 Å². The SMILES string of the molecule is CC(NCC(O)Cn1cc([N+](=O)[O-])cn1)C(=O)N(C)C. The van der Waals surface area contributed by atoms with Crippen LogP contribution in [-0.2, 0) is 11.3 Å². The Morgan fingerprint density at radius 1 is 1.65 bits per heavy atom. The Balaban J connectivity index is 2.41. The van der Waals surface area contributed by atoms with Crippen molar-refractivity contribution in [3.05, 3.63) is 22.5 Å². The number of nitrogens with one attached hydrogen (secondary N) is 1. The molecule has 1 rings (SSSR count). The van der Waals surface area contributed by atoms with Crippen LogP contribution in [0, 0.1) is 10.1 Å². The van der Waals surface area contributed by atoms with E-state index in [0.717, 1.165) is 6.20 Å². The van der Waals surface area contributed by atoms with E-state index >= 15 is 0 Å². The predicted octanol–water partition coefficient (Wildman–Crippen LogP) is -0.781. The summed E-state index contributed by atoms with van der Waals surface area (Å²) < 4.78 is 1.29. The number of nitrogens with zero attached hydrogens (tertiary/aromatic N) is 4. The largest absolute Gasteiger partial charge is 0.390 e. The molecule has 2 atom stereocenters. The Kier molecular flexibility index (Phi) is 5.59. The molecular formula is C11H19N5O4. The fraction of sp³-hybridized carbons (Fsp3) is 0.636. The van der Waals surface area contributed by atoms with Crippen molar-refractivity contribution in [2.75, 3.05) is 20.6 Å². The van der Waals surface area contributed by atoms with Gasteiger partial charge in [0.1, 0.15) is 12.4 Å². The van der Waals surface area contributed by atoms with Gasteiger partial charge in [0.05, 0.1) is 23.6 Å². The van der Waals surface area contributed by atoms with Gasteiger partial charge in [0.2, 0.25) is 5.91 Å². The van der Waals surface area contributed by atoms with E-state index in [0.29, 0.717) is 0 Å². The molecule has 2 N–H and O–H groups in total. The molecule has 0 radical (unpaired) electrons. The van der Waals surface area contributed by atoms with Crippen LogP contribution in [0.3, 0.4) is 0 Å². The van der Waals surface area contributed by atoms with Crippen molar-refractivity contribution in [1.29, 1.82) is 0 Å². The molecule has 0 aliphatic carbocycles. The first-order valence-corrected chi connectivity index (χ1v) is 6.10. The van der Waals surface area contributed by atoms with Crippen LogP contribution in [0.25, 0.3) is 0 Å². The van der Waals surface area contributed by atoms with E-state index in [2.05, 4.69) is 10.4 Å². The Bertz CT molecular complexity index is 473. The summed E-state index contributed by atoms with van der Waals surface area (Å²) in [4.78, 5) is 23.0. The Morgan fingerprint density at radius 2 is 2.30 bits per heavy atom. The fourth-order valence-corrected chi connectivity index (χ4v) is 1.61. The molecule has 0 aromatic carbocycles. The topological polar surface area (TPSA) is 114 Å². The van der Waals surface area contributed by atoms with Crippen LogP contribution in [-0.4, -0.2) is 63.4 Å². The molecule has 1 amide bonds. The second-order valence-corrected chi connectivity index (χ2v) is 4.69. The van der Waals surface area contributed by atoms with Gasteiger partial charge >= 0.3 is 5.69 Å². The minimum absolute atomic E-state index is 0.0908. The van der Waals surface area contributed by atoms with Gasteiger partial charge in [-0.05, 0) is 6.92 Å². The molecule has 0 aliphatic rings. The molecule has 112 valence electrons. The number of aliphatic hydroxyl groups excluding tert-OH is 1. The van der Waals surface area contributed by atoms with E-state index in [1.54, 1.807) is 21.0 Å². The number of rotatable bonds is 7. The number of aromatic nitrogens is 2. The van der Waals surface area contributed by atoms with Gasteiger partial charge in [-0.25, -0.2) is 0 Å². The molecule has 1 aromatic rings. The normalized spacial score (nSPS) is 13.8. The highest BCUT2D eigenvalue weighted by Crippen LogP contribution is 2.07. The standard InChI is InChI=1S/C11H19N5O4/c1-8(11(18)14(2)3)12-5-10(17)7-15-6-9(4-13-15)16(19)20/h4,6,8,10,12,17H,5,7H2,1-3H3. The van der Waals surface area contributed by atoms with Gasteiger partial charge < -0.3 is 15.3 Å². The molecular weight excluding hydrogens is 266 g/mol. The minimum atomic E-state index is -0.799. The van der Waals surface area contributed by atoms with Gasteiger partial charge in [-0.3, -0.25) is 19.6 Å². The highest BCUT2D eigenvalue weighted by Gasteiger charge is 2.16. The molecule has 0 saturated heterocycles. The average molecular weight is 285 g/mol. The number of carbonyl (C=O) groups excluding carboxylic acids is 1. The second-order valence-electron chi connectivity index (χ2n) is 4.69. The predicted molar refractivity (Wildman–Crippen MR) is 71.0 cm³/mol. The molecule has 0 bridgehead atoms. The van der Waals surface area contributed by atoms with Gasteiger partial charge in [0.25, 0.3) is 0 Å². The van der Waals surface area contributed by atoms with E-state index in [9.17, 15) is 20.0 Å². The Labute approximate surface area is 116 Å². The molecule has 1 heterocycles. The molecule has 2 unspecified atom stereocenters. The summed E-state index contributed by atoms with van der Waals surface area (Å²) in [7, 11) is 3.31. The number of hydrogen-bond acceptors (Lipinski definition) is 6. The molecule has 0 spiro atoms. The summed E-state index contributed by atoms with van der Waals surface area (Å²) in [5.74, 6) is -0.0908. The van der Waals surface area contributed by atoms with Crippen molar-refractivity contribution >= 4 is 11.6 Å². The third-order valence-electron chi connectivity index (χ3n) is 2.70. The fourth-order valence-electron chi connectivity index (χ4n) is 1.61.